The van der Waals surface area contributed by atoms with Crippen LogP contribution in [0, 0.1) is 0 Å². The molecule has 0 spiro atoms. The Morgan fingerprint density at radius 3 is 2.24 bits per heavy atom. The Morgan fingerprint density at radius 2 is 1.32 bits per heavy atom. The number of aromatic nitrogens is 3. The number of hydrogen-bond donors (Lipinski definition) is 0. The summed E-state index contributed by atoms with van der Waals surface area (Å²) in [7, 11) is 0. The van der Waals surface area contributed by atoms with Crippen molar-refractivity contribution in [1.82, 2.24) is 14.5 Å². The predicted molar refractivity (Wildman–Crippen MR) is 154 cm³/mol. The number of benzene rings is 5. The molecule has 0 unspecified atom stereocenters. The van der Waals surface area contributed by atoms with E-state index in [9.17, 15) is 0 Å². The van der Waals surface area contributed by atoms with E-state index in [0.29, 0.717) is 0 Å². The van der Waals surface area contributed by atoms with Crippen LogP contribution >= 0.6 is 11.3 Å². The first kappa shape index (κ1) is 19.4. The van der Waals surface area contributed by atoms with Gasteiger partial charge in [-0.1, -0.05) is 48.5 Å². The first-order valence-corrected chi connectivity index (χ1v) is 13.1. The normalized spacial score (nSPS) is 12.3. The third kappa shape index (κ3) is 2.56. The molecule has 0 saturated heterocycles. The number of nitrogens with zero attached hydrogens (tertiary/aromatic N) is 3. The molecule has 4 aromatic heterocycles. The molecule has 172 valence electrons. The van der Waals surface area contributed by atoms with Gasteiger partial charge in [0.2, 0.25) is 0 Å². The lowest BCUT2D eigenvalue weighted by Gasteiger charge is -2.08. The van der Waals surface area contributed by atoms with Crippen molar-refractivity contribution in [3.63, 3.8) is 0 Å². The van der Waals surface area contributed by atoms with E-state index in [4.69, 9.17) is 4.42 Å². The lowest BCUT2D eigenvalue weighted by atomic mass is 10.1. The second kappa shape index (κ2) is 6.93. The van der Waals surface area contributed by atoms with Crippen molar-refractivity contribution in [2.75, 3.05) is 0 Å². The quantitative estimate of drug-likeness (QED) is 0.230. The Balaban J connectivity index is 1.44. The van der Waals surface area contributed by atoms with E-state index >= 15 is 0 Å². The number of hydrogen-bond acceptors (Lipinski definition) is 4. The molecule has 5 heteroatoms. The molecule has 0 saturated carbocycles. The van der Waals surface area contributed by atoms with Gasteiger partial charge in [-0.15, -0.1) is 11.3 Å². The van der Waals surface area contributed by atoms with Crippen molar-refractivity contribution in [3.05, 3.63) is 103 Å². The molecule has 0 bridgehead atoms. The first-order chi connectivity index (χ1) is 18.3. The van der Waals surface area contributed by atoms with Crippen LogP contribution in [0.2, 0.25) is 0 Å². The third-order valence-electron chi connectivity index (χ3n) is 7.48. The van der Waals surface area contributed by atoms with E-state index in [1.54, 1.807) is 12.4 Å². The van der Waals surface area contributed by atoms with Gasteiger partial charge < -0.3 is 8.98 Å². The summed E-state index contributed by atoms with van der Waals surface area (Å²) in [6.07, 6.45) is 3.51. The fourth-order valence-corrected chi connectivity index (χ4v) is 7.12. The molecule has 0 aliphatic carbocycles. The minimum atomic E-state index is 0.900. The lowest BCUT2D eigenvalue weighted by Crippen LogP contribution is -1.93. The highest BCUT2D eigenvalue weighted by molar-refractivity contribution is 7.26. The van der Waals surface area contributed by atoms with Crippen LogP contribution < -0.4 is 0 Å². The highest BCUT2D eigenvalue weighted by Gasteiger charge is 2.19. The molecule has 5 aromatic carbocycles. The standard InChI is InChI=1S/C32H17N3OS/c1-3-7-27-19(5-1)22-11-12-23-24-16-25-26(34-14-13-33-25)17-30(24)37-32(23)31(22)35(27)18-9-10-21-20-6-2-4-8-28(20)36-29(21)15-18/h1-17H. The average Bonchev–Trinajstić information content (AvgIpc) is 3.60. The fraction of sp³-hybridized carbons (Fsp3) is 0. The lowest BCUT2D eigenvalue weighted by molar-refractivity contribution is 0.668. The van der Waals surface area contributed by atoms with Crippen molar-refractivity contribution in [2.45, 2.75) is 0 Å². The van der Waals surface area contributed by atoms with Crippen molar-refractivity contribution >= 4 is 86.3 Å². The van der Waals surface area contributed by atoms with Gasteiger partial charge in [0, 0.05) is 61.2 Å². The Kier molecular flexibility index (Phi) is 3.64. The van der Waals surface area contributed by atoms with Gasteiger partial charge in [0.05, 0.1) is 26.8 Å². The molecular formula is C32H17N3OS. The van der Waals surface area contributed by atoms with Crippen LogP contribution in [0.1, 0.15) is 0 Å². The van der Waals surface area contributed by atoms with Gasteiger partial charge in [0.25, 0.3) is 0 Å². The van der Waals surface area contributed by atoms with Gasteiger partial charge in [0.15, 0.2) is 0 Å². The van der Waals surface area contributed by atoms with Crippen LogP contribution in [0.4, 0.5) is 0 Å². The van der Waals surface area contributed by atoms with E-state index in [-0.39, 0.29) is 0 Å². The zero-order valence-electron chi connectivity index (χ0n) is 19.5. The SMILES string of the molecule is c1ccc2c(c1)oc1cc(-n3c4ccccc4c4ccc5c6cc7nccnc7cc6sc5c43)ccc12. The number of rotatable bonds is 1. The maximum Gasteiger partial charge on any atom is 0.137 e. The minimum Gasteiger partial charge on any atom is -0.456 e. The molecule has 37 heavy (non-hydrogen) atoms. The zero-order chi connectivity index (χ0) is 24.1. The third-order valence-corrected chi connectivity index (χ3v) is 8.66. The molecule has 9 aromatic rings. The highest BCUT2D eigenvalue weighted by Crippen LogP contribution is 2.44. The van der Waals surface area contributed by atoms with Gasteiger partial charge in [-0.05, 0) is 36.4 Å². The maximum absolute atomic E-state index is 6.27. The van der Waals surface area contributed by atoms with Crippen LogP contribution in [-0.2, 0) is 0 Å². The largest absolute Gasteiger partial charge is 0.456 e. The molecule has 0 atom stereocenters. The molecule has 0 N–H and O–H groups in total. The topological polar surface area (TPSA) is 43.9 Å². The van der Waals surface area contributed by atoms with E-state index in [0.717, 1.165) is 38.7 Å². The molecule has 0 aliphatic rings. The predicted octanol–water partition coefficient (Wildman–Crippen LogP) is 8.99. The monoisotopic (exact) mass is 491 g/mol. The van der Waals surface area contributed by atoms with Crippen LogP contribution in [0.15, 0.2) is 108 Å². The zero-order valence-corrected chi connectivity index (χ0v) is 20.3. The van der Waals surface area contributed by atoms with E-state index in [1.165, 1.54) is 42.0 Å². The molecule has 0 amide bonds. The summed E-state index contributed by atoms with van der Waals surface area (Å²) in [6, 6.07) is 32.3. The van der Waals surface area contributed by atoms with Gasteiger partial charge in [0.1, 0.15) is 11.2 Å². The van der Waals surface area contributed by atoms with Crippen LogP contribution in [0.25, 0.3) is 80.6 Å². The average molecular weight is 492 g/mol. The summed E-state index contributed by atoms with van der Waals surface area (Å²) in [6.45, 7) is 0. The van der Waals surface area contributed by atoms with Gasteiger partial charge in [-0.2, -0.15) is 0 Å². The minimum absolute atomic E-state index is 0.900. The summed E-state index contributed by atoms with van der Waals surface area (Å²) >= 11 is 1.83. The molecular weight excluding hydrogens is 474 g/mol. The summed E-state index contributed by atoms with van der Waals surface area (Å²) < 4.78 is 11.2. The number of para-hydroxylation sites is 2. The Labute approximate surface area is 214 Å². The maximum atomic E-state index is 6.27. The van der Waals surface area contributed by atoms with E-state index in [2.05, 4.69) is 93.4 Å². The van der Waals surface area contributed by atoms with Crippen molar-refractivity contribution in [1.29, 1.82) is 0 Å². The second-order valence-corrected chi connectivity index (χ2v) is 10.5. The molecule has 9 rings (SSSR count). The number of furan rings is 1. The number of thiophene rings is 1. The Hall–Kier alpha value is -4.74. The van der Waals surface area contributed by atoms with E-state index < -0.39 is 0 Å². The van der Waals surface area contributed by atoms with Gasteiger partial charge in [-0.3, -0.25) is 9.97 Å². The summed E-state index contributed by atoms with van der Waals surface area (Å²) in [4.78, 5) is 9.09. The molecule has 0 radical (unpaired) electrons. The van der Waals surface area contributed by atoms with Gasteiger partial charge in [-0.25, -0.2) is 0 Å². The van der Waals surface area contributed by atoms with Crippen molar-refractivity contribution in [3.8, 4) is 5.69 Å². The van der Waals surface area contributed by atoms with Crippen molar-refractivity contribution in [2.24, 2.45) is 0 Å². The van der Waals surface area contributed by atoms with Crippen LogP contribution in [0.3, 0.4) is 0 Å². The van der Waals surface area contributed by atoms with Crippen LogP contribution in [-0.4, -0.2) is 14.5 Å². The van der Waals surface area contributed by atoms with Gasteiger partial charge >= 0.3 is 0 Å². The van der Waals surface area contributed by atoms with Crippen molar-refractivity contribution < 1.29 is 4.42 Å². The fourth-order valence-electron chi connectivity index (χ4n) is 5.86. The molecule has 4 heterocycles. The summed E-state index contributed by atoms with van der Waals surface area (Å²) in [5, 5.41) is 7.25. The number of fused-ring (bicyclic) bond motifs is 11. The smallest absolute Gasteiger partial charge is 0.137 e. The Morgan fingerprint density at radius 1 is 0.595 bits per heavy atom. The molecule has 4 nitrogen and oxygen atoms in total. The first-order valence-electron chi connectivity index (χ1n) is 12.2. The highest BCUT2D eigenvalue weighted by atomic mass is 32.1. The van der Waals surface area contributed by atoms with Crippen LogP contribution in [0.5, 0.6) is 0 Å². The Bertz CT molecular complexity index is 2370. The second-order valence-electron chi connectivity index (χ2n) is 9.47. The summed E-state index contributed by atoms with van der Waals surface area (Å²) in [5.41, 5.74) is 7.16. The van der Waals surface area contributed by atoms with E-state index in [1.807, 2.05) is 23.5 Å². The molecule has 0 aliphatic heterocycles. The summed E-state index contributed by atoms with van der Waals surface area (Å²) in [5.74, 6) is 0. The molecule has 0 fully saturated rings.